The molecule has 102 valence electrons. The summed E-state index contributed by atoms with van der Waals surface area (Å²) in [6.07, 6.45) is 2.63. The van der Waals surface area contributed by atoms with E-state index in [0.29, 0.717) is 0 Å². The van der Waals surface area contributed by atoms with E-state index in [1.807, 2.05) is 19.1 Å². The molecule has 0 aliphatic rings. The van der Waals surface area contributed by atoms with E-state index >= 15 is 0 Å². The smallest absolute Gasteiger partial charge is 0.139 e. The van der Waals surface area contributed by atoms with Gasteiger partial charge in [-0.3, -0.25) is 0 Å². The van der Waals surface area contributed by atoms with Gasteiger partial charge in [-0.1, -0.05) is 13.0 Å². The van der Waals surface area contributed by atoms with Gasteiger partial charge in [0.05, 0.1) is 16.8 Å². The number of hydrogen-bond acceptors (Lipinski definition) is 2. The molecule has 1 aromatic heterocycles. The van der Waals surface area contributed by atoms with Gasteiger partial charge in [-0.25, -0.2) is 4.39 Å². The highest BCUT2D eigenvalue weighted by atomic mass is 79.9. The quantitative estimate of drug-likeness (QED) is 0.870. The van der Waals surface area contributed by atoms with Gasteiger partial charge in [0, 0.05) is 0 Å². The number of rotatable bonds is 5. The van der Waals surface area contributed by atoms with Crippen LogP contribution in [0.3, 0.4) is 0 Å². The van der Waals surface area contributed by atoms with Gasteiger partial charge in [0.1, 0.15) is 11.6 Å². The van der Waals surface area contributed by atoms with Crippen molar-refractivity contribution in [3.05, 3.63) is 57.7 Å². The molecule has 1 heterocycles. The highest BCUT2D eigenvalue weighted by Gasteiger charge is 2.20. The summed E-state index contributed by atoms with van der Waals surface area (Å²) < 4.78 is 20.0. The molecule has 1 N–H and O–H groups in total. The monoisotopic (exact) mass is 325 g/mol. The SMILES string of the molecule is CCCNC(c1cc(C)cc(F)c1)c1occc1Br. The summed E-state index contributed by atoms with van der Waals surface area (Å²) in [7, 11) is 0. The van der Waals surface area contributed by atoms with E-state index in [2.05, 4.69) is 28.2 Å². The molecule has 1 aromatic carbocycles. The lowest BCUT2D eigenvalue weighted by Gasteiger charge is -2.18. The first-order valence-electron chi connectivity index (χ1n) is 6.35. The highest BCUT2D eigenvalue weighted by Crippen LogP contribution is 2.30. The second kappa shape index (κ2) is 6.35. The minimum Gasteiger partial charge on any atom is -0.466 e. The second-order valence-corrected chi connectivity index (χ2v) is 5.44. The molecule has 2 aromatic rings. The molecule has 1 unspecified atom stereocenters. The van der Waals surface area contributed by atoms with E-state index in [9.17, 15) is 4.39 Å². The van der Waals surface area contributed by atoms with E-state index in [1.165, 1.54) is 6.07 Å². The van der Waals surface area contributed by atoms with Gasteiger partial charge in [-0.05, 0) is 65.1 Å². The molecule has 0 radical (unpaired) electrons. The average Bonchev–Trinajstić information content (AvgIpc) is 2.75. The molecule has 0 spiro atoms. The van der Waals surface area contributed by atoms with Gasteiger partial charge in [0.2, 0.25) is 0 Å². The zero-order chi connectivity index (χ0) is 13.8. The van der Waals surface area contributed by atoms with Gasteiger partial charge >= 0.3 is 0 Å². The van der Waals surface area contributed by atoms with Crippen LogP contribution in [0, 0.1) is 12.7 Å². The van der Waals surface area contributed by atoms with E-state index < -0.39 is 0 Å². The van der Waals surface area contributed by atoms with Crippen molar-refractivity contribution in [3.8, 4) is 0 Å². The molecular formula is C15H17BrFNO. The molecule has 0 bridgehead atoms. The fraction of sp³-hybridized carbons (Fsp3) is 0.333. The first-order valence-corrected chi connectivity index (χ1v) is 7.14. The van der Waals surface area contributed by atoms with Crippen LogP contribution in [-0.2, 0) is 0 Å². The Balaban J connectivity index is 2.39. The third-order valence-corrected chi connectivity index (χ3v) is 3.56. The van der Waals surface area contributed by atoms with Crippen LogP contribution in [-0.4, -0.2) is 6.54 Å². The Morgan fingerprint density at radius 2 is 2.16 bits per heavy atom. The molecule has 0 amide bonds. The lowest BCUT2D eigenvalue weighted by molar-refractivity contribution is 0.443. The van der Waals surface area contributed by atoms with Gasteiger partial charge in [0.25, 0.3) is 0 Å². The van der Waals surface area contributed by atoms with Crippen LogP contribution in [0.25, 0.3) is 0 Å². The largest absolute Gasteiger partial charge is 0.466 e. The normalized spacial score (nSPS) is 12.6. The second-order valence-electron chi connectivity index (χ2n) is 4.58. The summed E-state index contributed by atoms with van der Waals surface area (Å²) >= 11 is 3.47. The number of halogens is 2. The van der Waals surface area contributed by atoms with Crippen molar-refractivity contribution < 1.29 is 8.81 Å². The summed E-state index contributed by atoms with van der Waals surface area (Å²) in [6, 6.07) is 6.76. The summed E-state index contributed by atoms with van der Waals surface area (Å²) in [5.41, 5.74) is 1.78. The zero-order valence-corrected chi connectivity index (χ0v) is 12.6. The number of furan rings is 1. The van der Waals surface area contributed by atoms with Crippen molar-refractivity contribution in [1.29, 1.82) is 0 Å². The fourth-order valence-electron chi connectivity index (χ4n) is 2.09. The summed E-state index contributed by atoms with van der Waals surface area (Å²) in [5.74, 6) is 0.555. The number of hydrogen-bond donors (Lipinski definition) is 1. The molecule has 0 saturated carbocycles. The Bertz CT molecular complexity index is 533. The minimum atomic E-state index is -0.221. The average molecular weight is 326 g/mol. The van der Waals surface area contributed by atoms with E-state index in [4.69, 9.17) is 4.42 Å². The Morgan fingerprint density at radius 1 is 1.37 bits per heavy atom. The predicted molar refractivity (Wildman–Crippen MR) is 77.7 cm³/mol. The van der Waals surface area contributed by atoms with Crippen molar-refractivity contribution in [1.82, 2.24) is 5.32 Å². The van der Waals surface area contributed by atoms with Crippen molar-refractivity contribution in [3.63, 3.8) is 0 Å². The third kappa shape index (κ3) is 3.45. The van der Waals surface area contributed by atoms with Crippen LogP contribution in [0.5, 0.6) is 0 Å². The maximum atomic E-state index is 13.6. The Hall–Kier alpha value is -1.13. The molecule has 2 rings (SSSR count). The molecular weight excluding hydrogens is 309 g/mol. The van der Waals surface area contributed by atoms with Gasteiger partial charge < -0.3 is 9.73 Å². The first kappa shape index (κ1) is 14.3. The van der Waals surface area contributed by atoms with Crippen LogP contribution >= 0.6 is 15.9 Å². The lowest BCUT2D eigenvalue weighted by Crippen LogP contribution is -2.23. The maximum Gasteiger partial charge on any atom is 0.139 e. The molecule has 4 heteroatoms. The van der Waals surface area contributed by atoms with E-state index in [1.54, 1.807) is 12.3 Å². The minimum absolute atomic E-state index is 0.140. The lowest BCUT2D eigenvalue weighted by atomic mass is 10.0. The Morgan fingerprint density at radius 3 is 2.74 bits per heavy atom. The highest BCUT2D eigenvalue weighted by molar-refractivity contribution is 9.10. The summed E-state index contributed by atoms with van der Waals surface area (Å²) in [5, 5.41) is 3.39. The molecule has 19 heavy (non-hydrogen) atoms. The maximum absolute atomic E-state index is 13.6. The van der Waals surface area contributed by atoms with Crippen molar-refractivity contribution in [2.24, 2.45) is 0 Å². The van der Waals surface area contributed by atoms with Crippen LogP contribution in [0.15, 0.2) is 39.4 Å². The summed E-state index contributed by atoms with van der Waals surface area (Å²) in [4.78, 5) is 0. The van der Waals surface area contributed by atoms with Crippen molar-refractivity contribution >= 4 is 15.9 Å². The number of aryl methyl sites for hydroxylation is 1. The van der Waals surface area contributed by atoms with E-state index in [-0.39, 0.29) is 11.9 Å². The number of benzene rings is 1. The molecule has 0 aliphatic heterocycles. The number of nitrogens with one attached hydrogen (secondary N) is 1. The molecule has 0 saturated heterocycles. The first-order chi connectivity index (χ1) is 9.11. The molecule has 0 aliphatic carbocycles. The third-order valence-electron chi connectivity index (χ3n) is 2.90. The summed E-state index contributed by atoms with van der Waals surface area (Å²) in [6.45, 7) is 4.83. The van der Waals surface area contributed by atoms with Gasteiger partial charge in [0.15, 0.2) is 0 Å². The van der Waals surface area contributed by atoms with Gasteiger partial charge in [-0.15, -0.1) is 0 Å². The van der Waals surface area contributed by atoms with Crippen LogP contribution < -0.4 is 5.32 Å². The van der Waals surface area contributed by atoms with E-state index in [0.717, 1.165) is 34.3 Å². The predicted octanol–water partition coefficient (Wildman–Crippen LogP) is 4.58. The Kier molecular flexibility index (Phi) is 4.77. The fourth-order valence-corrected chi connectivity index (χ4v) is 2.52. The topological polar surface area (TPSA) is 25.2 Å². The van der Waals surface area contributed by atoms with Crippen LogP contribution in [0.2, 0.25) is 0 Å². The van der Waals surface area contributed by atoms with Crippen molar-refractivity contribution in [2.75, 3.05) is 6.54 Å². The van der Waals surface area contributed by atoms with Gasteiger partial charge in [-0.2, -0.15) is 0 Å². The molecule has 2 nitrogen and oxygen atoms in total. The molecule has 1 atom stereocenters. The standard InChI is InChI=1S/C15H17BrFNO/c1-3-5-18-14(15-13(16)4-6-19-15)11-7-10(2)8-12(17)9-11/h4,6-9,14,18H,3,5H2,1-2H3. The van der Waals surface area contributed by atoms with Crippen molar-refractivity contribution in [2.45, 2.75) is 26.3 Å². The Labute approximate surface area is 121 Å². The van der Waals surface area contributed by atoms with Crippen LogP contribution in [0.4, 0.5) is 4.39 Å². The zero-order valence-electron chi connectivity index (χ0n) is 11.0. The van der Waals surface area contributed by atoms with Crippen LogP contribution in [0.1, 0.15) is 36.3 Å². The molecule has 0 fully saturated rings.